The molecule has 0 unspecified atom stereocenters. The Balaban J connectivity index is 0.000000587. The predicted octanol–water partition coefficient (Wildman–Crippen LogP) is 4.14. The quantitative estimate of drug-likeness (QED) is 0.365. The molecule has 4 rings (SSSR count). The van der Waals surface area contributed by atoms with Crippen LogP contribution >= 0.6 is 23.2 Å². The van der Waals surface area contributed by atoms with Crippen LogP contribution in [-0.4, -0.2) is 81.2 Å². The molecular formula is C26H27Cl2F3N6O4. The average molecular weight is 615 g/mol. The first kappa shape index (κ1) is 31.8. The monoisotopic (exact) mass is 614 g/mol. The molecule has 3 aromatic rings. The Morgan fingerprint density at radius 3 is 2.22 bits per heavy atom. The van der Waals surface area contributed by atoms with Crippen molar-refractivity contribution in [3.05, 3.63) is 75.5 Å². The van der Waals surface area contributed by atoms with Crippen LogP contribution < -0.4 is 10.6 Å². The van der Waals surface area contributed by atoms with Crippen LogP contribution in [0.25, 0.3) is 5.69 Å². The number of carboxylic acid groups (broad SMARTS) is 1. The third kappa shape index (κ3) is 9.44. The Kier molecular flexibility index (Phi) is 11.1. The summed E-state index contributed by atoms with van der Waals surface area (Å²) >= 11 is 11.9. The van der Waals surface area contributed by atoms with E-state index >= 15 is 0 Å². The molecule has 1 aliphatic rings. The number of alkyl halides is 3. The summed E-state index contributed by atoms with van der Waals surface area (Å²) in [6.07, 6.45) is -3.42. The van der Waals surface area contributed by atoms with Gasteiger partial charge in [-0.3, -0.25) is 9.59 Å². The highest BCUT2D eigenvalue weighted by Crippen LogP contribution is 2.22. The maximum atomic E-state index is 12.8. The molecule has 1 aliphatic heterocycles. The van der Waals surface area contributed by atoms with Gasteiger partial charge >= 0.3 is 12.1 Å². The number of halogens is 5. The van der Waals surface area contributed by atoms with Crippen molar-refractivity contribution in [2.45, 2.75) is 32.0 Å². The normalized spacial score (nSPS) is 14.1. The van der Waals surface area contributed by atoms with Crippen molar-refractivity contribution in [1.82, 2.24) is 30.5 Å². The molecule has 0 spiro atoms. The minimum atomic E-state index is -5.08. The number of aromatic nitrogens is 3. The molecule has 0 atom stereocenters. The fraction of sp³-hybridized carbons (Fsp3) is 0.346. The van der Waals surface area contributed by atoms with Crippen molar-refractivity contribution < 1.29 is 32.7 Å². The van der Waals surface area contributed by atoms with E-state index in [2.05, 4.69) is 25.7 Å². The lowest BCUT2D eigenvalue weighted by Gasteiger charge is -2.32. The standard InChI is InChI=1S/C24H26Cl2N6O2.C2HF3O2/c1-16-22(30-32(29-16)19-5-3-2-4-6-19)24(34)28-18-9-12-31(13-10-18)14-11-27-23(33)17-7-8-20(25)21(26)15-17;3-2(4,5)1(6)7/h2-8,15,18H,9-14H2,1H3,(H,27,33)(H,28,34);(H,6,7). The van der Waals surface area contributed by atoms with Gasteiger partial charge in [0.1, 0.15) is 0 Å². The first-order valence-corrected chi connectivity index (χ1v) is 13.2. The molecule has 15 heteroatoms. The van der Waals surface area contributed by atoms with Gasteiger partial charge in [0.2, 0.25) is 0 Å². The largest absolute Gasteiger partial charge is 0.490 e. The van der Waals surface area contributed by atoms with Gasteiger partial charge in [-0.25, -0.2) is 4.79 Å². The third-order valence-electron chi connectivity index (χ3n) is 6.05. The van der Waals surface area contributed by atoms with Gasteiger partial charge < -0.3 is 20.6 Å². The maximum absolute atomic E-state index is 12.8. The molecule has 10 nitrogen and oxygen atoms in total. The van der Waals surface area contributed by atoms with Gasteiger partial charge in [0, 0.05) is 37.8 Å². The number of hydrogen-bond donors (Lipinski definition) is 3. The highest BCUT2D eigenvalue weighted by atomic mass is 35.5. The summed E-state index contributed by atoms with van der Waals surface area (Å²) in [5.74, 6) is -3.14. The van der Waals surface area contributed by atoms with Crippen LogP contribution in [0.1, 0.15) is 39.4 Å². The molecule has 3 N–H and O–H groups in total. The van der Waals surface area contributed by atoms with Gasteiger partial charge in [-0.05, 0) is 50.1 Å². The summed E-state index contributed by atoms with van der Waals surface area (Å²) in [6.45, 7) is 4.72. The lowest BCUT2D eigenvalue weighted by molar-refractivity contribution is -0.192. The highest BCUT2D eigenvalue weighted by molar-refractivity contribution is 6.42. The molecule has 0 saturated carbocycles. The van der Waals surface area contributed by atoms with Gasteiger partial charge in [-0.15, -0.1) is 5.10 Å². The third-order valence-corrected chi connectivity index (χ3v) is 6.78. The number of likely N-dealkylation sites (tertiary alicyclic amines) is 1. The smallest absolute Gasteiger partial charge is 0.475 e. The molecule has 1 aromatic heterocycles. The van der Waals surface area contributed by atoms with E-state index < -0.39 is 12.1 Å². The van der Waals surface area contributed by atoms with E-state index in [0.29, 0.717) is 33.5 Å². The van der Waals surface area contributed by atoms with E-state index in [4.69, 9.17) is 33.1 Å². The van der Waals surface area contributed by atoms with Gasteiger partial charge in [0.15, 0.2) is 5.69 Å². The zero-order chi connectivity index (χ0) is 30.2. The summed E-state index contributed by atoms with van der Waals surface area (Å²) in [6, 6.07) is 14.4. The molecule has 220 valence electrons. The Morgan fingerprint density at radius 1 is 1.00 bits per heavy atom. The number of aryl methyl sites for hydroxylation is 1. The first-order chi connectivity index (χ1) is 19.3. The zero-order valence-corrected chi connectivity index (χ0v) is 23.3. The molecule has 2 amide bonds. The van der Waals surface area contributed by atoms with Gasteiger partial charge in [0.05, 0.1) is 21.4 Å². The number of aliphatic carboxylic acids is 1. The predicted molar refractivity (Wildman–Crippen MR) is 146 cm³/mol. The van der Waals surface area contributed by atoms with Gasteiger partial charge in [-0.2, -0.15) is 23.1 Å². The van der Waals surface area contributed by atoms with Gasteiger partial charge in [-0.1, -0.05) is 41.4 Å². The van der Waals surface area contributed by atoms with Crippen LogP contribution in [0.3, 0.4) is 0 Å². The second-order valence-electron chi connectivity index (χ2n) is 9.04. The number of nitrogens with one attached hydrogen (secondary N) is 2. The van der Waals surface area contributed by atoms with Crippen molar-refractivity contribution >= 4 is 41.0 Å². The lowest BCUT2D eigenvalue weighted by atomic mass is 10.0. The van der Waals surface area contributed by atoms with Crippen molar-refractivity contribution in [1.29, 1.82) is 0 Å². The number of rotatable bonds is 7. The molecule has 1 fully saturated rings. The molecule has 0 bridgehead atoms. The van der Waals surface area contributed by atoms with E-state index in [9.17, 15) is 22.8 Å². The Bertz CT molecular complexity index is 1360. The van der Waals surface area contributed by atoms with Crippen LogP contribution in [0.2, 0.25) is 10.0 Å². The van der Waals surface area contributed by atoms with E-state index in [1.54, 1.807) is 25.1 Å². The molecule has 41 heavy (non-hydrogen) atoms. The molecule has 2 heterocycles. The lowest BCUT2D eigenvalue weighted by Crippen LogP contribution is -2.46. The van der Waals surface area contributed by atoms with Crippen molar-refractivity contribution in [2.75, 3.05) is 26.2 Å². The number of hydrogen-bond acceptors (Lipinski definition) is 6. The second-order valence-corrected chi connectivity index (χ2v) is 9.85. The van der Waals surface area contributed by atoms with Crippen molar-refractivity contribution in [3.63, 3.8) is 0 Å². The zero-order valence-electron chi connectivity index (χ0n) is 21.8. The van der Waals surface area contributed by atoms with Crippen LogP contribution in [0, 0.1) is 6.92 Å². The summed E-state index contributed by atoms with van der Waals surface area (Å²) in [5, 5.41) is 22.7. The summed E-state index contributed by atoms with van der Waals surface area (Å²) in [5.41, 5.74) is 2.23. The molecular weight excluding hydrogens is 588 g/mol. The average Bonchev–Trinajstić information content (AvgIpc) is 3.33. The Hall–Kier alpha value is -3.68. The van der Waals surface area contributed by atoms with Gasteiger partial charge in [0.25, 0.3) is 11.8 Å². The molecule has 1 saturated heterocycles. The van der Waals surface area contributed by atoms with E-state index in [1.165, 1.54) is 4.80 Å². The van der Waals surface area contributed by atoms with E-state index in [0.717, 1.165) is 38.2 Å². The topological polar surface area (TPSA) is 129 Å². The number of carbonyl (C=O) groups excluding carboxylic acids is 2. The van der Waals surface area contributed by atoms with Crippen LogP contribution in [0.5, 0.6) is 0 Å². The number of carboxylic acids is 1. The maximum Gasteiger partial charge on any atom is 0.490 e. The minimum Gasteiger partial charge on any atom is -0.475 e. The summed E-state index contributed by atoms with van der Waals surface area (Å²) < 4.78 is 31.7. The van der Waals surface area contributed by atoms with Crippen LogP contribution in [-0.2, 0) is 4.79 Å². The second kappa shape index (κ2) is 14.3. The Morgan fingerprint density at radius 2 is 1.63 bits per heavy atom. The molecule has 0 aliphatic carbocycles. The number of amides is 2. The first-order valence-electron chi connectivity index (χ1n) is 12.4. The highest BCUT2D eigenvalue weighted by Gasteiger charge is 2.38. The molecule has 2 aromatic carbocycles. The number of carbonyl (C=O) groups is 3. The Labute approximate surface area is 243 Å². The fourth-order valence-electron chi connectivity index (χ4n) is 3.89. The minimum absolute atomic E-state index is 0.0795. The summed E-state index contributed by atoms with van der Waals surface area (Å²) in [7, 11) is 0. The number of piperidine rings is 1. The number of benzene rings is 2. The number of nitrogens with zero attached hydrogens (tertiary/aromatic N) is 4. The van der Waals surface area contributed by atoms with Crippen molar-refractivity contribution in [3.8, 4) is 5.69 Å². The number of para-hydroxylation sites is 1. The van der Waals surface area contributed by atoms with E-state index in [-0.39, 0.29) is 17.9 Å². The van der Waals surface area contributed by atoms with Crippen LogP contribution in [0.4, 0.5) is 13.2 Å². The fourth-order valence-corrected chi connectivity index (χ4v) is 4.19. The van der Waals surface area contributed by atoms with Crippen LogP contribution in [0.15, 0.2) is 48.5 Å². The van der Waals surface area contributed by atoms with E-state index in [1.807, 2.05) is 30.3 Å². The summed E-state index contributed by atoms with van der Waals surface area (Å²) in [4.78, 5) is 37.7. The SMILES string of the molecule is Cc1nn(-c2ccccc2)nc1C(=O)NC1CCN(CCNC(=O)c2ccc(Cl)c(Cl)c2)CC1.O=C(O)C(F)(F)F. The molecule has 0 radical (unpaired) electrons. The van der Waals surface area contributed by atoms with Crippen molar-refractivity contribution in [2.24, 2.45) is 0 Å².